The Morgan fingerprint density at radius 1 is 1.39 bits per heavy atom. The normalized spacial score (nSPS) is 18.5. The van der Waals surface area contributed by atoms with Crippen LogP contribution in [0, 0.1) is 6.92 Å². The van der Waals surface area contributed by atoms with Gasteiger partial charge in [0.15, 0.2) is 5.11 Å². The van der Waals surface area contributed by atoms with Crippen LogP contribution < -0.4 is 16.0 Å². The zero-order valence-corrected chi connectivity index (χ0v) is 19.0. The summed E-state index contributed by atoms with van der Waals surface area (Å²) in [6, 6.07) is 3.01. The first-order valence-corrected chi connectivity index (χ1v) is 11.4. The number of carbonyl (C=O) groups excluding carboxylic acids is 3. The van der Waals surface area contributed by atoms with Gasteiger partial charge in [-0.1, -0.05) is 17.7 Å². The molecule has 4 heterocycles. The smallest absolute Gasteiger partial charge is 0.256 e. The topological polar surface area (TPSA) is 103 Å². The van der Waals surface area contributed by atoms with Crippen LogP contribution in [0.5, 0.6) is 0 Å². The quantitative estimate of drug-likeness (QED) is 0.353. The second-order valence-electron chi connectivity index (χ2n) is 7.42. The number of thiophene rings is 1. The molecule has 4 rings (SSSR count). The van der Waals surface area contributed by atoms with Crippen LogP contribution in [-0.4, -0.2) is 38.8 Å². The van der Waals surface area contributed by atoms with E-state index in [0.29, 0.717) is 54.0 Å². The molecule has 0 saturated carbocycles. The van der Waals surface area contributed by atoms with Gasteiger partial charge >= 0.3 is 0 Å². The van der Waals surface area contributed by atoms with E-state index in [1.807, 2.05) is 18.4 Å². The third-order valence-electron chi connectivity index (χ3n) is 5.31. The lowest BCUT2D eigenvalue weighted by atomic mass is 10.1. The molecule has 8 nitrogen and oxygen atoms in total. The molecule has 31 heavy (non-hydrogen) atoms. The summed E-state index contributed by atoms with van der Waals surface area (Å²) in [4.78, 5) is 43.6. The fraction of sp³-hybridized carbons (Fsp3) is 0.350. The van der Waals surface area contributed by atoms with Crippen molar-refractivity contribution >= 4 is 63.8 Å². The number of nitrogens with one attached hydrogen (secondary N) is 3. The minimum Gasteiger partial charge on any atom is -0.358 e. The van der Waals surface area contributed by atoms with Gasteiger partial charge in [-0.05, 0) is 49.2 Å². The Morgan fingerprint density at radius 3 is 2.97 bits per heavy atom. The maximum absolute atomic E-state index is 12.9. The molecule has 2 aromatic heterocycles. The van der Waals surface area contributed by atoms with Crippen molar-refractivity contribution in [3.8, 4) is 0 Å². The Bertz CT molecular complexity index is 1090. The number of aryl methyl sites for hydroxylation is 1. The fourth-order valence-electron chi connectivity index (χ4n) is 3.63. The lowest BCUT2D eigenvalue weighted by Gasteiger charge is -2.25. The van der Waals surface area contributed by atoms with Crippen LogP contribution in [0.4, 0.5) is 5.82 Å². The van der Waals surface area contributed by atoms with E-state index in [9.17, 15) is 14.4 Å². The van der Waals surface area contributed by atoms with E-state index in [1.54, 1.807) is 11.0 Å². The summed E-state index contributed by atoms with van der Waals surface area (Å²) < 4.78 is 0. The monoisotopic (exact) mass is 477 g/mol. The second-order valence-corrected chi connectivity index (χ2v) is 9.15. The third kappa shape index (κ3) is 4.56. The molecular formula is C20H20ClN5O3S2. The molecule has 0 aromatic carbocycles. The zero-order valence-electron chi connectivity index (χ0n) is 16.7. The lowest BCUT2D eigenvalue weighted by molar-refractivity contribution is -0.132. The first kappa shape index (κ1) is 21.7. The van der Waals surface area contributed by atoms with E-state index < -0.39 is 11.9 Å². The molecule has 2 aliphatic rings. The number of rotatable bonds is 4. The van der Waals surface area contributed by atoms with E-state index >= 15 is 0 Å². The number of hydrogen-bond acceptors (Lipinski definition) is 6. The standard InChI is InChI=1S/C20H20ClN5O3S2/c1-10-5-6-15(23-17(10)21)24-20(30)22-7-14-11-8-26(19(29)12(11)9-31-14)13-3-2-4-16(27)25-18(13)28/h5-6,9,13H,2-4,7-8H2,1H3,(H,25,27,28)(H2,22,23,24,30)/t13-/m0/s1. The second kappa shape index (κ2) is 8.89. The summed E-state index contributed by atoms with van der Waals surface area (Å²) in [5.41, 5.74) is 2.38. The van der Waals surface area contributed by atoms with Crippen molar-refractivity contribution < 1.29 is 14.4 Å². The lowest BCUT2D eigenvalue weighted by Crippen LogP contribution is -2.47. The largest absolute Gasteiger partial charge is 0.358 e. The van der Waals surface area contributed by atoms with E-state index in [1.165, 1.54) is 11.3 Å². The molecular weight excluding hydrogens is 458 g/mol. The van der Waals surface area contributed by atoms with Gasteiger partial charge in [0.2, 0.25) is 11.8 Å². The summed E-state index contributed by atoms with van der Waals surface area (Å²) >= 11 is 12.9. The Hall–Kier alpha value is -2.56. The van der Waals surface area contributed by atoms with Gasteiger partial charge in [-0.2, -0.15) is 0 Å². The molecule has 3 N–H and O–H groups in total. The van der Waals surface area contributed by atoms with E-state index in [-0.39, 0.29) is 11.8 Å². The minimum absolute atomic E-state index is 0.175. The Balaban J connectivity index is 1.40. The molecule has 2 aromatic rings. The maximum atomic E-state index is 12.9. The average Bonchev–Trinajstić information content (AvgIpc) is 3.21. The summed E-state index contributed by atoms with van der Waals surface area (Å²) in [7, 11) is 0. The molecule has 1 fully saturated rings. The van der Waals surface area contributed by atoms with E-state index in [0.717, 1.165) is 16.0 Å². The van der Waals surface area contributed by atoms with Gasteiger partial charge < -0.3 is 15.5 Å². The molecule has 1 atom stereocenters. The maximum Gasteiger partial charge on any atom is 0.256 e. The van der Waals surface area contributed by atoms with Gasteiger partial charge in [0, 0.05) is 23.2 Å². The van der Waals surface area contributed by atoms with Crippen LogP contribution in [0.15, 0.2) is 17.5 Å². The van der Waals surface area contributed by atoms with Crippen LogP contribution in [0.2, 0.25) is 5.15 Å². The number of nitrogens with zero attached hydrogens (tertiary/aromatic N) is 2. The van der Waals surface area contributed by atoms with Crippen LogP contribution in [0.25, 0.3) is 0 Å². The molecule has 0 unspecified atom stereocenters. The number of imide groups is 1. The molecule has 0 bridgehead atoms. The first-order chi connectivity index (χ1) is 14.8. The highest BCUT2D eigenvalue weighted by Crippen LogP contribution is 2.33. The predicted octanol–water partition coefficient (Wildman–Crippen LogP) is 2.74. The summed E-state index contributed by atoms with van der Waals surface area (Å²) in [6.45, 7) is 2.65. The Labute approximate surface area is 193 Å². The van der Waals surface area contributed by atoms with Crippen molar-refractivity contribution in [2.24, 2.45) is 0 Å². The first-order valence-electron chi connectivity index (χ1n) is 9.75. The summed E-state index contributed by atoms with van der Waals surface area (Å²) in [6.07, 6.45) is 1.35. The van der Waals surface area contributed by atoms with Crippen molar-refractivity contribution in [3.63, 3.8) is 0 Å². The van der Waals surface area contributed by atoms with E-state index in [2.05, 4.69) is 20.9 Å². The highest BCUT2D eigenvalue weighted by atomic mass is 35.5. The summed E-state index contributed by atoms with van der Waals surface area (Å²) in [5.74, 6) is -0.325. The van der Waals surface area contributed by atoms with Gasteiger partial charge in [-0.25, -0.2) is 4.98 Å². The number of amides is 3. The van der Waals surface area contributed by atoms with Crippen LogP contribution in [0.1, 0.15) is 45.6 Å². The number of thiocarbonyl (C=S) groups is 1. The Kier molecular flexibility index (Phi) is 6.22. The average molecular weight is 478 g/mol. The number of anilines is 1. The molecule has 2 aliphatic heterocycles. The number of pyridine rings is 1. The third-order valence-corrected chi connectivity index (χ3v) is 6.97. The molecule has 0 spiro atoms. The van der Waals surface area contributed by atoms with Crippen molar-refractivity contribution in [2.75, 3.05) is 5.32 Å². The minimum atomic E-state index is -0.628. The van der Waals surface area contributed by atoms with Gasteiger partial charge in [-0.3, -0.25) is 19.7 Å². The van der Waals surface area contributed by atoms with Crippen LogP contribution in [-0.2, 0) is 22.7 Å². The number of carbonyl (C=O) groups is 3. The van der Waals surface area contributed by atoms with Crippen molar-refractivity contribution in [1.29, 1.82) is 0 Å². The highest BCUT2D eigenvalue weighted by molar-refractivity contribution is 7.80. The van der Waals surface area contributed by atoms with Crippen LogP contribution >= 0.6 is 35.2 Å². The Morgan fingerprint density at radius 2 is 2.19 bits per heavy atom. The SMILES string of the molecule is Cc1ccc(NC(=S)NCc2scc3c2CN([C@H]2CCCC(=O)NC2=O)C3=O)nc1Cl. The van der Waals surface area contributed by atoms with Crippen molar-refractivity contribution in [1.82, 2.24) is 20.5 Å². The highest BCUT2D eigenvalue weighted by Gasteiger charge is 2.39. The number of fused-ring (bicyclic) bond motifs is 1. The fourth-order valence-corrected chi connectivity index (χ4v) is 4.94. The van der Waals surface area contributed by atoms with Crippen molar-refractivity contribution in [2.45, 2.75) is 45.3 Å². The van der Waals surface area contributed by atoms with E-state index in [4.69, 9.17) is 23.8 Å². The molecule has 1 saturated heterocycles. The molecule has 0 radical (unpaired) electrons. The number of hydrogen-bond donors (Lipinski definition) is 3. The molecule has 3 amide bonds. The van der Waals surface area contributed by atoms with Gasteiger partial charge in [0.1, 0.15) is 17.0 Å². The summed E-state index contributed by atoms with van der Waals surface area (Å²) in [5, 5.41) is 11.1. The molecule has 0 aliphatic carbocycles. The zero-order chi connectivity index (χ0) is 22.1. The molecule has 11 heteroatoms. The number of aromatic nitrogens is 1. The van der Waals surface area contributed by atoms with Crippen LogP contribution in [0.3, 0.4) is 0 Å². The van der Waals surface area contributed by atoms with Crippen molar-refractivity contribution in [3.05, 3.63) is 44.2 Å². The van der Waals surface area contributed by atoms with Gasteiger partial charge in [-0.15, -0.1) is 11.3 Å². The predicted molar refractivity (Wildman–Crippen MR) is 122 cm³/mol. The number of halogens is 1. The van der Waals surface area contributed by atoms with Gasteiger partial charge in [0.05, 0.1) is 12.1 Å². The van der Waals surface area contributed by atoms with Gasteiger partial charge in [0.25, 0.3) is 5.91 Å². The molecule has 162 valence electrons.